The van der Waals surface area contributed by atoms with Crippen LogP contribution in [0.2, 0.25) is 0 Å². The lowest BCUT2D eigenvalue weighted by Gasteiger charge is -2.33. The van der Waals surface area contributed by atoms with Crippen LogP contribution in [0, 0.1) is 0 Å². The molecule has 0 radical (unpaired) electrons. The normalized spacial score (nSPS) is 15.2. The quantitative estimate of drug-likeness (QED) is 0.369. The van der Waals surface area contributed by atoms with E-state index in [0.717, 1.165) is 12.3 Å². The highest BCUT2D eigenvalue weighted by atomic mass is 35.5. The van der Waals surface area contributed by atoms with Gasteiger partial charge in [-0.05, 0) is 53.2 Å². The molecule has 1 fully saturated rings. The van der Waals surface area contributed by atoms with Crippen molar-refractivity contribution in [2.24, 2.45) is 0 Å². The maximum absolute atomic E-state index is 11.8. The fraction of sp³-hybridized carbons (Fsp3) is 0.810. The summed E-state index contributed by atoms with van der Waals surface area (Å²) in [6.07, 6.45) is 6.37. The first-order valence-electron chi connectivity index (χ1n) is 10.5. The van der Waals surface area contributed by atoms with E-state index >= 15 is 0 Å². The standard InChI is InChI=1S/C11H21NOS.C10H17Cl2NOS/c1-3-12(11(13)14-4-2)10-8-6-5-7-9-10;1-7(2)13(8(3)4)10(14)15-6-9(12)5-11/h10H,3-9H2,1-2H3;5,7-8H,6H2,1-4H3/b;9-5-. The SMILES string of the molecule is CC(C)N(C(=O)SC/C(Cl)=C/Cl)C(C)C.CCSC(=O)N(CC)C1CCCCC1. The van der Waals surface area contributed by atoms with Gasteiger partial charge in [-0.25, -0.2) is 0 Å². The maximum atomic E-state index is 11.8. The summed E-state index contributed by atoms with van der Waals surface area (Å²) < 4.78 is 0. The summed E-state index contributed by atoms with van der Waals surface area (Å²) in [5.41, 5.74) is 1.29. The number of carbonyl (C=O) groups excluding carboxylic acids is 2. The monoisotopic (exact) mass is 484 g/mol. The van der Waals surface area contributed by atoms with E-state index in [-0.39, 0.29) is 22.6 Å². The molecule has 170 valence electrons. The summed E-state index contributed by atoms with van der Waals surface area (Å²) >= 11 is 13.7. The van der Waals surface area contributed by atoms with Crippen LogP contribution in [0.15, 0.2) is 10.6 Å². The van der Waals surface area contributed by atoms with Gasteiger partial charge in [0.25, 0.3) is 10.5 Å². The predicted octanol–water partition coefficient (Wildman–Crippen LogP) is 7.79. The van der Waals surface area contributed by atoms with E-state index in [0.29, 0.717) is 16.8 Å². The number of thioether (sulfide) groups is 2. The summed E-state index contributed by atoms with van der Waals surface area (Å²) in [6, 6.07) is 0.924. The molecule has 1 saturated carbocycles. The molecular weight excluding hydrogens is 447 g/mol. The molecule has 0 unspecified atom stereocenters. The molecule has 0 aromatic heterocycles. The van der Waals surface area contributed by atoms with Crippen LogP contribution in [0.3, 0.4) is 0 Å². The molecule has 0 heterocycles. The van der Waals surface area contributed by atoms with Gasteiger partial charge in [0, 0.05) is 41.0 Å². The Morgan fingerprint density at radius 3 is 1.97 bits per heavy atom. The van der Waals surface area contributed by atoms with E-state index in [2.05, 4.69) is 11.8 Å². The summed E-state index contributed by atoms with van der Waals surface area (Å²) in [4.78, 5) is 27.5. The van der Waals surface area contributed by atoms with Gasteiger partial charge in [0.15, 0.2) is 0 Å². The highest BCUT2D eigenvalue weighted by Gasteiger charge is 2.23. The molecule has 2 amide bonds. The number of nitrogens with zero attached hydrogens (tertiary/aromatic N) is 2. The second-order valence-corrected chi connectivity index (χ2v) is 10.3. The number of rotatable bonds is 7. The van der Waals surface area contributed by atoms with Gasteiger partial charge in [0.2, 0.25) is 0 Å². The molecule has 0 saturated heterocycles. The topological polar surface area (TPSA) is 40.6 Å². The number of amides is 2. The van der Waals surface area contributed by atoms with Crippen LogP contribution in [0.25, 0.3) is 0 Å². The van der Waals surface area contributed by atoms with Crippen molar-refractivity contribution in [2.45, 2.75) is 91.8 Å². The summed E-state index contributed by atoms with van der Waals surface area (Å²) in [6.45, 7) is 13.0. The van der Waals surface area contributed by atoms with Crippen LogP contribution in [0.5, 0.6) is 0 Å². The third-order valence-corrected chi connectivity index (χ3v) is 7.09. The van der Waals surface area contributed by atoms with Gasteiger partial charge in [-0.1, -0.05) is 72.9 Å². The van der Waals surface area contributed by atoms with E-state index in [1.807, 2.05) is 39.5 Å². The van der Waals surface area contributed by atoms with Gasteiger partial charge in [-0.3, -0.25) is 9.59 Å². The zero-order valence-electron chi connectivity index (χ0n) is 18.7. The minimum absolute atomic E-state index is 0.0386. The van der Waals surface area contributed by atoms with Crippen molar-refractivity contribution in [3.05, 3.63) is 10.6 Å². The van der Waals surface area contributed by atoms with Crippen LogP contribution >= 0.6 is 46.7 Å². The second-order valence-electron chi connectivity index (χ2n) is 7.48. The zero-order valence-corrected chi connectivity index (χ0v) is 21.9. The van der Waals surface area contributed by atoms with Crippen molar-refractivity contribution in [3.8, 4) is 0 Å². The van der Waals surface area contributed by atoms with Crippen LogP contribution in [-0.2, 0) is 0 Å². The average molecular weight is 486 g/mol. The van der Waals surface area contributed by atoms with Crippen LogP contribution < -0.4 is 0 Å². The van der Waals surface area contributed by atoms with Gasteiger partial charge in [-0.15, -0.1) is 0 Å². The lowest BCUT2D eigenvalue weighted by Crippen LogP contribution is -2.39. The minimum Gasteiger partial charge on any atom is -0.331 e. The zero-order chi connectivity index (χ0) is 22.4. The highest BCUT2D eigenvalue weighted by molar-refractivity contribution is 8.13. The van der Waals surface area contributed by atoms with Crippen LogP contribution in [0.1, 0.15) is 73.6 Å². The van der Waals surface area contributed by atoms with E-state index in [1.165, 1.54) is 61.2 Å². The number of halogens is 2. The molecule has 0 N–H and O–H groups in total. The first-order valence-corrected chi connectivity index (χ1v) is 13.3. The minimum atomic E-state index is 0.0386. The molecule has 0 aromatic rings. The molecule has 1 aliphatic rings. The molecule has 1 rings (SSSR count). The maximum Gasteiger partial charge on any atom is 0.282 e. The Morgan fingerprint density at radius 2 is 1.55 bits per heavy atom. The predicted molar refractivity (Wildman–Crippen MR) is 133 cm³/mol. The fourth-order valence-corrected chi connectivity index (χ4v) is 5.33. The molecule has 8 heteroatoms. The van der Waals surface area contributed by atoms with Gasteiger partial charge < -0.3 is 9.80 Å². The van der Waals surface area contributed by atoms with Crippen LogP contribution in [0.4, 0.5) is 9.59 Å². The van der Waals surface area contributed by atoms with E-state index in [9.17, 15) is 9.59 Å². The molecule has 0 aliphatic heterocycles. The van der Waals surface area contributed by atoms with Crippen molar-refractivity contribution in [3.63, 3.8) is 0 Å². The van der Waals surface area contributed by atoms with Gasteiger partial charge >= 0.3 is 0 Å². The summed E-state index contributed by atoms with van der Waals surface area (Å²) in [5.74, 6) is 1.32. The third-order valence-electron chi connectivity index (χ3n) is 4.63. The van der Waals surface area contributed by atoms with E-state index in [4.69, 9.17) is 23.2 Å². The van der Waals surface area contributed by atoms with Crippen molar-refractivity contribution < 1.29 is 9.59 Å². The Kier molecular flexibility index (Phi) is 16.6. The Bertz CT molecular complexity index is 503. The summed E-state index contributed by atoms with van der Waals surface area (Å²) in [7, 11) is 0. The van der Waals surface area contributed by atoms with Crippen molar-refractivity contribution in [1.82, 2.24) is 9.80 Å². The molecule has 1 aliphatic carbocycles. The summed E-state index contributed by atoms with van der Waals surface area (Å²) in [5, 5.41) is 0.807. The molecule has 4 nitrogen and oxygen atoms in total. The average Bonchev–Trinajstić information content (AvgIpc) is 2.67. The van der Waals surface area contributed by atoms with E-state index < -0.39 is 0 Å². The Balaban J connectivity index is 0.000000541. The molecule has 29 heavy (non-hydrogen) atoms. The lowest BCUT2D eigenvalue weighted by molar-refractivity contribution is 0.182. The molecule has 0 spiro atoms. The molecule has 0 bridgehead atoms. The van der Waals surface area contributed by atoms with Crippen molar-refractivity contribution in [2.75, 3.05) is 18.1 Å². The first-order chi connectivity index (χ1) is 13.7. The van der Waals surface area contributed by atoms with Gasteiger partial charge in [-0.2, -0.15) is 0 Å². The number of hydrogen-bond acceptors (Lipinski definition) is 4. The Labute approximate surface area is 196 Å². The molecular formula is C21H38Cl2N2O2S2. The van der Waals surface area contributed by atoms with E-state index in [1.54, 1.807) is 0 Å². The molecule has 0 atom stereocenters. The largest absolute Gasteiger partial charge is 0.331 e. The van der Waals surface area contributed by atoms with Crippen molar-refractivity contribution >= 4 is 57.2 Å². The Morgan fingerprint density at radius 1 is 1.00 bits per heavy atom. The Hall–Kier alpha value is -0.0400. The lowest BCUT2D eigenvalue weighted by atomic mass is 9.94. The van der Waals surface area contributed by atoms with Crippen molar-refractivity contribution in [1.29, 1.82) is 0 Å². The van der Waals surface area contributed by atoms with Crippen LogP contribution in [-0.4, -0.2) is 56.5 Å². The first kappa shape index (κ1) is 29.0. The fourth-order valence-electron chi connectivity index (χ4n) is 3.39. The second kappa shape index (κ2) is 16.6. The number of carbonyl (C=O) groups is 2. The van der Waals surface area contributed by atoms with Gasteiger partial charge in [0.05, 0.1) is 0 Å². The highest BCUT2D eigenvalue weighted by Crippen LogP contribution is 2.25. The smallest absolute Gasteiger partial charge is 0.282 e. The van der Waals surface area contributed by atoms with Gasteiger partial charge in [0.1, 0.15) is 0 Å². The number of hydrogen-bond donors (Lipinski definition) is 0. The third kappa shape index (κ3) is 11.8. The molecule has 0 aromatic carbocycles.